The van der Waals surface area contributed by atoms with Crippen LogP contribution in [0.25, 0.3) is 0 Å². The van der Waals surface area contributed by atoms with Crippen molar-refractivity contribution in [1.82, 2.24) is 0 Å². The third-order valence-corrected chi connectivity index (χ3v) is 4.88. The zero-order valence-corrected chi connectivity index (χ0v) is 15.1. The van der Waals surface area contributed by atoms with Crippen LogP contribution in [0.4, 0.5) is 4.39 Å². The van der Waals surface area contributed by atoms with Gasteiger partial charge in [-0.15, -0.1) is 0 Å². The number of rotatable bonds is 5. The van der Waals surface area contributed by atoms with Gasteiger partial charge in [-0.05, 0) is 67.5 Å². The van der Waals surface area contributed by atoms with Crippen molar-refractivity contribution in [1.29, 1.82) is 0 Å². The fourth-order valence-electron chi connectivity index (χ4n) is 3.24. The fraction of sp³-hybridized carbons (Fsp3) is 0.350. The van der Waals surface area contributed by atoms with Crippen molar-refractivity contribution in [3.63, 3.8) is 0 Å². The Labute approximate surface area is 153 Å². The summed E-state index contributed by atoms with van der Waals surface area (Å²) in [5.41, 5.74) is 3.05. The maximum absolute atomic E-state index is 13.2. The van der Waals surface area contributed by atoms with Gasteiger partial charge >= 0.3 is 0 Å². The second kappa shape index (κ2) is 7.83. The van der Waals surface area contributed by atoms with E-state index in [4.69, 9.17) is 12.6 Å². The second-order valence-corrected chi connectivity index (χ2v) is 6.65. The molecule has 0 bridgehead atoms. The van der Waals surface area contributed by atoms with E-state index in [2.05, 4.69) is 11.1 Å². The zero-order chi connectivity index (χ0) is 17.8. The lowest BCUT2D eigenvalue weighted by atomic mass is 9.93. The molecule has 0 N–H and O–H groups in total. The molecule has 5 heteroatoms. The minimum atomic E-state index is -0.673. The molecule has 130 valence electrons. The first-order valence-electron chi connectivity index (χ1n) is 8.64. The number of aromatic nitrogens is 1. The van der Waals surface area contributed by atoms with Crippen LogP contribution >= 0.6 is 0 Å². The third-order valence-electron chi connectivity index (χ3n) is 4.53. The van der Waals surface area contributed by atoms with Crippen molar-refractivity contribution in [2.45, 2.75) is 38.6 Å². The van der Waals surface area contributed by atoms with Gasteiger partial charge in [0.2, 0.25) is 11.8 Å². The number of hydrogen-bond acceptors (Lipinski definition) is 3. The normalized spacial score (nSPS) is 15.5. The molecule has 25 heavy (non-hydrogen) atoms. The highest BCUT2D eigenvalue weighted by molar-refractivity contribution is 7.77. The van der Waals surface area contributed by atoms with Gasteiger partial charge in [-0.2, -0.15) is 4.57 Å². The lowest BCUT2D eigenvalue weighted by Crippen LogP contribution is -2.48. The van der Waals surface area contributed by atoms with Gasteiger partial charge in [-0.25, -0.2) is 4.39 Å². The Bertz CT molecular complexity index is 802. The predicted octanol–water partition coefficient (Wildman–Crippen LogP) is 3.38. The molecule has 0 aliphatic heterocycles. The number of benzene rings is 1. The van der Waals surface area contributed by atoms with Gasteiger partial charge in [0.15, 0.2) is 12.4 Å². The van der Waals surface area contributed by atoms with E-state index in [0.717, 1.165) is 19.3 Å². The molecule has 0 saturated heterocycles. The van der Waals surface area contributed by atoms with Gasteiger partial charge in [0.1, 0.15) is 5.82 Å². The number of nitrogens with zero attached hydrogens (tertiary/aromatic N) is 2. The monoisotopic (exact) mass is 356 g/mol. The highest BCUT2D eigenvalue weighted by Gasteiger charge is 2.29. The molecule has 3 nitrogen and oxygen atoms in total. The Balaban J connectivity index is 2.01. The summed E-state index contributed by atoms with van der Waals surface area (Å²) in [6, 6.07) is 6.99. The molecule has 1 atom stereocenters. The standard InChI is InChI=1S/C20H21FN2OS/c1-2-22-20(25)18(19(24)15-7-9-17(21)10-8-15)23-12-11-14-5-3-4-6-16(14)13-23/h7-13,18H,2-6H2,1H3. The van der Waals surface area contributed by atoms with Crippen LogP contribution in [0.5, 0.6) is 0 Å². The molecule has 0 fully saturated rings. The smallest absolute Gasteiger partial charge is 0.237 e. The van der Waals surface area contributed by atoms with Crippen LogP contribution in [0.2, 0.25) is 0 Å². The number of carbonyl (C=O) groups excluding carboxylic acids is 1. The van der Waals surface area contributed by atoms with Gasteiger partial charge in [-0.1, -0.05) is 0 Å². The second-order valence-electron chi connectivity index (χ2n) is 6.24. The Morgan fingerprint density at radius 3 is 2.56 bits per heavy atom. The molecule has 1 aromatic carbocycles. The minimum absolute atomic E-state index is 0.164. The molecule has 0 amide bonds. The summed E-state index contributed by atoms with van der Waals surface area (Å²) in [6.45, 7) is 2.42. The van der Waals surface area contributed by atoms with E-state index in [-0.39, 0.29) is 11.6 Å². The van der Waals surface area contributed by atoms with Crippen molar-refractivity contribution in [2.24, 2.45) is 4.99 Å². The Hall–Kier alpha value is -2.14. The molecular formula is C20H21FN2OS. The van der Waals surface area contributed by atoms with Crippen LogP contribution < -0.4 is 4.57 Å². The molecule has 3 rings (SSSR count). The summed E-state index contributed by atoms with van der Waals surface area (Å²) in [7, 11) is 0. The summed E-state index contributed by atoms with van der Waals surface area (Å²) < 4.78 is 15.0. The number of hydrogen-bond donors (Lipinski definition) is 0. The summed E-state index contributed by atoms with van der Waals surface area (Å²) in [6.07, 6.45) is 8.41. The molecule has 2 aromatic rings. The summed E-state index contributed by atoms with van der Waals surface area (Å²) >= 11 is 5.43. The van der Waals surface area contributed by atoms with E-state index >= 15 is 0 Å². The van der Waals surface area contributed by atoms with E-state index < -0.39 is 6.04 Å². The highest BCUT2D eigenvalue weighted by Crippen LogP contribution is 2.20. The van der Waals surface area contributed by atoms with Gasteiger partial charge < -0.3 is 17.6 Å². The molecule has 1 aliphatic rings. The number of ketones is 1. The lowest BCUT2D eigenvalue weighted by molar-refractivity contribution is -0.692. The van der Waals surface area contributed by atoms with E-state index in [0.29, 0.717) is 17.2 Å². The lowest BCUT2D eigenvalue weighted by Gasteiger charge is -2.20. The van der Waals surface area contributed by atoms with Crippen LogP contribution in [0.15, 0.2) is 47.7 Å². The summed E-state index contributed by atoms with van der Waals surface area (Å²) in [4.78, 5) is 17.3. The first-order chi connectivity index (χ1) is 12.1. The van der Waals surface area contributed by atoms with Crippen LogP contribution in [0.3, 0.4) is 0 Å². The van der Waals surface area contributed by atoms with E-state index in [1.807, 2.05) is 23.9 Å². The maximum atomic E-state index is 13.2. The van der Waals surface area contributed by atoms with Crippen LogP contribution in [-0.4, -0.2) is 17.4 Å². The molecule has 0 radical (unpaired) electrons. The number of aryl methyl sites for hydroxylation is 2. The Kier molecular flexibility index (Phi) is 5.53. The summed E-state index contributed by atoms with van der Waals surface area (Å²) in [5, 5.41) is 0.359. The number of halogens is 1. The number of pyridine rings is 1. The largest absolute Gasteiger partial charge is 0.758 e. The number of fused-ring (bicyclic) bond motifs is 1. The third kappa shape index (κ3) is 3.93. The van der Waals surface area contributed by atoms with Crippen molar-refractivity contribution < 1.29 is 13.8 Å². The predicted molar refractivity (Wildman–Crippen MR) is 98.4 cm³/mol. The number of carbonyl (C=O) groups is 1. The van der Waals surface area contributed by atoms with E-state index in [1.165, 1.54) is 41.8 Å². The van der Waals surface area contributed by atoms with Gasteiger partial charge in [0.05, 0.1) is 0 Å². The van der Waals surface area contributed by atoms with Crippen molar-refractivity contribution in [3.05, 3.63) is 65.2 Å². The fourth-order valence-corrected chi connectivity index (χ4v) is 3.60. The first-order valence-corrected chi connectivity index (χ1v) is 9.04. The highest BCUT2D eigenvalue weighted by atomic mass is 32.1. The average Bonchev–Trinajstić information content (AvgIpc) is 2.62. The van der Waals surface area contributed by atoms with E-state index in [1.54, 1.807) is 0 Å². The molecule has 0 saturated carbocycles. The van der Waals surface area contributed by atoms with Crippen molar-refractivity contribution in [2.75, 3.05) is 6.54 Å². The quantitative estimate of drug-likeness (QED) is 0.271. The molecule has 1 aliphatic carbocycles. The average molecular weight is 356 g/mol. The first kappa shape index (κ1) is 17.7. The maximum Gasteiger partial charge on any atom is 0.237 e. The molecular weight excluding hydrogens is 335 g/mol. The Morgan fingerprint density at radius 1 is 1.20 bits per heavy atom. The topological polar surface area (TPSA) is 33.3 Å². The van der Waals surface area contributed by atoms with E-state index in [9.17, 15) is 9.18 Å². The van der Waals surface area contributed by atoms with Crippen LogP contribution in [0.1, 0.15) is 47.3 Å². The molecule has 1 heterocycles. The van der Waals surface area contributed by atoms with Crippen LogP contribution in [0, 0.1) is 5.82 Å². The van der Waals surface area contributed by atoms with Gasteiger partial charge in [0.25, 0.3) is 0 Å². The van der Waals surface area contributed by atoms with Crippen molar-refractivity contribution >= 4 is 23.5 Å². The summed E-state index contributed by atoms with van der Waals surface area (Å²) in [5.74, 6) is -0.529. The zero-order valence-electron chi connectivity index (χ0n) is 14.2. The SMILES string of the molecule is CCN=C([S-])C(C(=O)c1ccc(F)cc1)[n+]1ccc2c(c1)CCCC2. The molecule has 1 unspecified atom stereocenters. The molecule has 0 spiro atoms. The van der Waals surface area contributed by atoms with Gasteiger partial charge in [0, 0.05) is 23.7 Å². The number of Topliss-reactive ketones (excluding diaryl/α,β-unsaturated/α-hetero) is 1. The minimum Gasteiger partial charge on any atom is -0.758 e. The van der Waals surface area contributed by atoms with Crippen molar-refractivity contribution in [3.8, 4) is 0 Å². The molecule has 1 aromatic heterocycles. The van der Waals surface area contributed by atoms with Gasteiger partial charge in [-0.3, -0.25) is 4.79 Å². The van der Waals surface area contributed by atoms with Crippen LogP contribution in [-0.2, 0) is 25.5 Å². The number of aliphatic imine (C=N–C) groups is 1. The Morgan fingerprint density at radius 2 is 1.88 bits per heavy atom.